The van der Waals surface area contributed by atoms with Gasteiger partial charge in [-0.05, 0) is 25.7 Å². The van der Waals surface area contributed by atoms with Gasteiger partial charge >= 0.3 is 6.72 Å². The van der Waals surface area contributed by atoms with E-state index in [1.165, 1.54) is 7.11 Å². The molecule has 1 aliphatic rings. The van der Waals surface area contributed by atoms with E-state index in [2.05, 4.69) is 0 Å². The maximum atomic E-state index is 8.66. The third-order valence-corrected chi connectivity index (χ3v) is 4.54. The summed E-state index contributed by atoms with van der Waals surface area (Å²) >= 11 is 5.10. The van der Waals surface area contributed by atoms with E-state index < -0.39 is 12.5 Å². The van der Waals surface area contributed by atoms with Crippen LogP contribution in [-0.2, 0) is 34.9 Å². The Morgan fingerprint density at radius 3 is 2.65 bits per heavy atom. The highest BCUT2D eigenvalue weighted by Crippen LogP contribution is 2.49. The molecule has 0 aromatic carbocycles. The summed E-state index contributed by atoms with van der Waals surface area (Å²) in [6.07, 6.45) is -0.180. The van der Waals surface area contributed by atoms with Gasteiger partial charge < -0.3 is 28.2 Å². The highest BCUT2D eigenvalue weighted by molar-refractivity contribution is 8.07. The van der Waals surface area contributed by atoms with Crippen LogP contribution in [0.5, 0.6) is 0 Å². The smallest absolute Gasteiger partial charge is 0.327 e. The first kappa shape index (κ1) is 15.5. The van der Waals surface area contributed by atoms with Crippen LogP contribution in [0.3, 0.4) is 0 Å². The quantitative estimate of drug-likeness (QED) is 0.701. The van der Waals surface area contributed by atoms with Crippen LogP contribution in [0.1, 0.15) is 13.8 Å². The molecule has 0 aliphatic carbocycles. The van der Waals surface area contributed by atoms with Crippen LogP contribution < -0.4 is 0 Å². The summed E-state index contributed by atoms with van der Waals surface area (Å²) in [6.45, 7) is 1.57. The minimum atomic E-state index is -2.77. The molecule has 1 rings (SSSR count). The van der Waals surface area contributed by atoms with Gasteiger partial charge in [0.15, 0.2) is 5.79 Å². The Labute approximate surface area is 106 Å². The number of aliphatic hydroxyl groups is 1. The molecule has 1 saturated heterocycles. The van der Waals surface area contributed by atoms with Crippen molar-refractivity contribution in [3.05, 3.63) is 0 Å². The summed E-state index contributed by atoms with van der Waals surface area (Å²) in [5.74, 6) is -0.588. The average Bonchev–Trinajstić information content (AvgIpc) is 2.64. The van der Waals surface area contributed by atoms with Crippen LogP contribution in [0.2, 0.25) is 0 Å². The second-order valence-corrected chi connectivity index (χ2v) is 7.05. The van der Waals surface area contributed by atoms with E-state index in [1.807, 2.05) is 13.8 Å². The van der Waals surface area contributed by atoms with E-state index in [4.69, 9.17) is 40.0 Å². The number of hydrogen-bond donors (Lipinski definition) is 1. The van der Waals surface area contributed by atoms with Crippen molar-refractivity contribution in [1.29, 1.82) is 0 Å². The van der Waals surface area contributed by atoms with Gasteiger partial charge in [0.05, 0.1) is 26.4 Å². The molecule has 1 N–H and O–H groups in total. The predicted molar refractivity (Wildman–Crippen MR) is 65.2 cm³/mol. The standard InChI is InChI=1S/C9H19O6PS/c1-9(2)12-6-8(15-9)7-14-16(17,11-3)13-5-4-10/h8,10H,4-7H2,1-3H3. The van der Waals surface area contributed by atoms with Gasteiger partial charge in [-0.3, -0.25) is 0 Å². The number of hydrogen-bond acceptors (Lipinski definition) is 7. The van der Waals surface area contributed by atoms with Gasteiger partial charge in [0.2, 0.25) is 0 Å². The van der Waals surface area contributed by atoms with Gasteiger partial charge in [-0.25, -0.2) is 0 Å². The molecule has 2 unspecified atom stereocenters. The monoisotopic (exact) mass is 286 g/mol. The lowest BCUT2D eigenvalue weighted by molar-refractivity contribution is -0.141. The molecular weight excluding hydrogens is 267 g/mol. The highest BCUT2D eigenvalue weighted by Gasteiger charge is 2.34. The average molecular weight is 286 g/mol. The molecule has 8 heteroatoms. The topological polar surface area (TPSA) is 66.4 Å². The van der Waals surface area contributed by atoms with E-state index >= 15 is 0 Å². The Kier molecular flexibility index (Phi) is 5.95. The normalized spacial score (nSPS) is 26.9. The summed E-state index contributed by atoms with van der Waals surface area (Å²) < 4.78 is 26.6. The fourth-order valence-corrected chi connectivity index (χ4v) is 2.66. The van der Waals surface area contributed by atoms with Crippen LogP contribution >= 0.6 is 6.72 Å². The zero-order valence-corrected chi connectivity index (χ0v) is 12.0. The third kappa shape index (κ3) is 5.28. The lowest BCUT2D eigenvalue weighted by Crippen LogP contribution is -2.24. The van der Waals surface area contributed by atoms with Crippen LogP contribution in [0, 0.1) is 0 Å². The van der Waals surface area contributed by atoms with Crippen LogP contribution in [0.15, 0.2) is 0 Å². The lowest BCUT2D eigenvalue weighted by Gasteiger charge is -2.21. The molecule has 1 fully saturated rings. The molecule has 6 nitrogen and oxygen atoms in total. The second kappa shape index (κ2) is 6.54. The Bertz CT molecular complexity index is 285. The zero-order chi connectivity index (χ0) is 12.9. The minimum Gasteiger partial charge on any atom is -0.394 e. The van der Waals surface area contributed by atoms with E-state index in [0.29, 0.717) is 6.61 Å². The van der Waals surface area contributed by atoms with E-state index in [1.54, 1.807) is 0 Å². The van der Waals surface area contributed by atoms with E-state index in [-0.39, 0.29) is 25.9 Å². The molecule has 2 atom stereocenters. The van der Waals surface area contributed by atoms with Crippen molar-refractivity contribution >= 4 is 18.5 Å². The summed E-state index contributed by atoms with van der Waals surface area (Å²) in [7, 11) is 1.42. The molecule has 0 amide bonds. The maximum absolute atomic E-state index is 8.66. The first-order valence-corrected chi connectivity index (χ1v) is 7.84. The van der Waals surface area contributed by atoms with Crippen molar-refractivity contribution in [3.8, 4) is 0 Å². The molecule has 17 heavy (non-hydrogen) atoms. The summed E-state index contributed by atoms with van der Waals surface area (Å²) in [4.78, 5) is 0. The maximum Gasteiger partial charge on any atom is 0.327 e. The zero-order valence-electron chi connectivity index (χ0n) is 10.2. The molecule has 0 bridgehead atoms. The van der Waals surface area contributed by atoms with E-state index in [9.17, 15) is 0 Å². The predicted octanol–water partition coefficient (Wildman–Crippen LogP) is 1.03. The molecule has 1 heterocycles. The number of aliphatic hydroxyl groups excluding tert-OH is 1. The minimum absolute atomic E-state index is 0.0959. The van der Waals surface area contributed by atoms with Crippen molar-refractivity contribution in [1.82, 2.24) is 0 Å². The third-order valence-electron chi connectivity index (χ3n) is 2.05. The van der Waals surface area contributed by atoms with Gasteiger partial charge in [0.1, 0.15) is 6.10 Å². The largest absolute Gasteiger partial charge is 0.394 e. The molecule has 0 saturated carbocycles. The van der Waals surface area contributed by atoms with Crippen molar-refractivity contribution in [2.24, 2.45) is 0 Å². The number of ether oxygens (including phenoxy) is 2. The molecule has 0 aromatic heterocycles. The Hall–Kier alpha value is 0.410. The molecule has 1 aliphatic heterocycles. The lowest BCUT2D eigenvalue weighted by atomic mass is 10.4. The fraction of sp³-hybridized carbons (Fsp3) is 1.00. The van der Waals surface area contributed by atoms with Crippen molar-refractivity contribution in [2.45, 2.75) is 25.7 Å². The molecular formula is C9H19O6PS. The van der Waals surface area contributed by atoms with Gasteiger partial charge in [0, 0.05) is 7.11 Å². The SMILES string of the molecule is COP(=S)(OCCO)OCC1COC(C)(C)O1. The van der Waals surface area contributed by atoms with Gasteiger partial charge in [0.25, 0.3) is 0 Å². The first-order chi connectivity index (χ1) is 7.91. The fourth-order valence-electron chi connectivity index (χ4n) is 1.31. The summed E-state index contributed by atoms with van der Waals surface area (Å²) in [5, 5.41) is 8.66. The molecule has 102 valence electrons. The van der Waals surface area contributed by atoms with Gasteiger partial charge in [-0.15, -0.1) is 0 Å². The van der Waals surface area contributed by atoms with E-state index in [0.717, 1.165) is 0 Å². The van der Waals surface area contributed by atoms with Gasteiger partial charge in [-0.2, -0.15) is 0 Å². The Balaban J connectivity index is 2.35. The molecule has 0 aromatic rings. The Morgan fingerprint density at radius 2 is 2.18 bits per heavy atom. The van der Waals surface area contributed by atoms with Crippen molar-refractivity contribution in [3.63, 3.8) is 0 Å². The van der Waals surface area contributed by atoms with Crippen LogP contribution in [-0.4, -0.2) is 50.5 Å². The van der Waals surface area contributed by atoms with Crippen molar-refractivity contribution in [2.75, 3.05) is 33.5 Å². The highest BCUT2D eigenvalue weighted by atomic mass is 32.5. The van der Waals surface area contributed by atoms with Gasteiger partial charge in [-0.1, -0.05) is 0 Å². The second-order valence-electron chi connectivity index (χ2n) is 3.93. The number of rotatable bonds is 7. The molecule has 0 radical (unpaired) electrons. The van der Waals surface area contributed by atoms with Crippen LogP contribution in [0.25, 0.3) is 0 Å². The van der Waals surface area contributed by atoms with Crippen molar-refractivity contribution < 1.29 is 28.2 Å². The first-order valence-electron chi connectivity index (χ1n) is 5.28. The van der Waals surface area contributed by atoms with Crippen LogP contribution in [0.4, 0.5) is 0 Å². The summed E-state index contributed by atoms with van der Waals surface area (Å²) in [5.41, 5.74) is 0. The molecule has 0 spiro atoms. The Morgan fingerprint density at radius 1 is 1.47 bits per heavy atom. The summed E-state index contributed by atoms with van der Waals surface area (Å²) in [6, 6.07) is 0.